The summed E-state index contributed by atoms with van der Waals surface area (Å²) in [5.41, 5.74) is 1.16. The minimum Gasteiger partial charge on any atom is -0.324 e. The molecule has 78 valence electrons. The predicted octanol–water partition coefficient (Wildman–Crippen LogP) is 3.30. The molecule has 0 N–H and O–H groups in total. The van der Waals surface area contributed by atoms with Gasteiger partial charge in [0.1, 0.15) is 5.82 Å². The van der Waals surface area contributed by atoms with Crippen molar-refractivity contribution in [2.24, 2.45) is 0 Å². The first kappa shape index (κ1) is 10.7. The van der Waals surface area contributed by atoms with Crippen molar-refractivity contribution in [3.05, 3.63) is 47.3 Å². The van der Waals surface area contributed by atoms with Crippen molar-refractivity contribution in [1.29, 1.82) is 0 Å². The van der Waals surface area contributed by atoms with E-state index in [0.717, 1.165) is 21.9 Å². The van der Waals surface area contributed by atoms with Crippen LogP contribution in [0, 0.1) is 0 Å². The van der Waals surface area contributed by atoms with E-state index in [4.69, 9.17) is 11.6 Å². The van der Waals surface area contributed by atoms with Gasteiger partial charge in [-0.05, 0) is 24.3 Å². The zero-order valence-corrected chi connectivity index (χ0v) is 10.4. The van der Waals surface area contributed by atoms with Crippen molar-refractivity contribution in [2.45, 2.75) is 0 Å². The van der Waals surface area contributed by atoms with Crippen LogP contribution in [-0.2, 0) is 0 Å². The molecule has 15 heavy (non-hydrogen) atoms. The number of halogens is 2. The van der Waals surface area contributed by atoms with Crippen LogP contribution < -0.4 is 4.90 Å². The number of hydrogen-bond acceptors (Lipinski definition) is 2. The highest BCUT2D eigenvalue weighted by Gasteiger charge is 2.15. The van der Waals surface area contributed by atoms with Crippen LogP contribution in [0.4, 0.5) is 5.82 Å². The first-order chi connectivity index (χ1) is 7.31. The van der Waals surface area contributed by atoms with Crippen LogP contribution in [0.25, 0.3) is 0 Å². The Morgan fingerprint density at radius 1 is 1.40 bits per heavy atom. The van der Waals surface area contributed by atoms with Gasteiger partial charge in [0.15, 0.2) is 0 Å². The zero-order valence-electron chi connectivity index (χ0n) is 8.03. The Balaban J connectivity index is 2.31. The third-order valence-corrected chi connectivity index (χ3v) is 3.00. The predicted molar refractivity (Wildman–Crippen MR) is 67.4 cm³/mol. The molecule has 2 nitrogen and oxygen atoms in total. The zero-order chi connectivity index (χ0) is 10.7. The molecule has 1 aliphatic rings. The number of pyridine rings is 1. The minimum absolute atomic E-state index is 0.690. The largest absolute Gasteiger partial charge is 0.324 e. The fourth-order valence-corrected chi connectivity index (χ4v) is 2.11. The molecular weight excluding hydrogens is 275 g/mol. The molecule has 0 unspecified atom stereocenters. The number of alkyl halides is 1. The SMILES string of the molecule is ClC1=CC=C(CBr)N(c2ccccn2)C1. The van der Waals surface area contributed by atoms with E-state index in [1.807, 2.05) is 30.4 Å². The van der Waals surface area contributed by atoms with Crippen LogP contribution in [0.2, 0.25) is 0 Å². The number of anilines is 1. The first-order valence-electron chi connectivity index (χ1n) is 4.61. The lowest BCUT2D eigenvalue weighted by atomic mass is 10.2. The summed E-state index contributed by atoms with van der Waals surface area (Å²) in [6, 6.07) is 5.86. The quantitative estimate of drug-likeness (QED) is 0.775. The lowest BCUT2D eigenvalue weighted by Gasteiger charge is -2.27. The maximum absolute atomic E-state index is 6.02. The summed E-state index contributed by atoms with van der Waals surface area (Å²) in [5.74, 6) is 0.925. The van der Waals surface area contributed by atoms with Gasteiger partial charge in [-0.2, -0.15) is 0 Å². The van der Waals surface area contributed by atoms with E-state index in [1.54, 1.807) is 6.20 Å². The minimum atomic E-state index is 0.690. The molecule has 0 aromatic carbocycles. The maximum atomic E-state index is 6.02. The highest BCUT2D eigenvalue weighted by Crippen LogP contribution is 2.24. The van der Waals surface area contributed by atoms with Crippen molar-refractivity contribution < 1.29 is 0 Å². The van der Waals surface area contributed by atoms with E-state index in [9.17, 15) is 0 Å². The Hall–Kier alpha value is -0.800. The van der Waals surface area contributed by atoms with Gasteiger partial charge >= 0.3 is 0 Å². The highest BCUT2D eigenvalue weighted by atomic mass is 79.9. The van der Waals surface area contributed by atoms with E-state index in [-0.39, 0.29) is 0 Å². The van der Waals surface area contributed by atoms with Gasteiger partial charge in [0.25, 0.3) is 0 Å². The molecule has 0 radical (unpaired) electrons. The van der Waals surface area contributed by atoms with Crippen molar-refractivity contribution in [1.82, 2.24) is 4.98 Å². The average Bonchev–Trinajstić information content (AvgIpc) is 2.30. The normalized spacial score (nSPS) is 16.0. The molecule has 1 aromatic heterocycles. The van der Waals surface area contributed by atoms with Crippen LogP contribution in [0.1, 0.15) is 0 Å². The van der Waals surface area contributed by atoms with Crippen molar-refractivity contribution in [3.63, 3.8) is 0 Å². The second kappa shape index (κ2) is 4.81. The van der Waals surface area contributed by atoms with E-state index in [1.165, 1.54) is 0 Å². The third-order valence-electron chi connectivity index (χ3n) is 2.18. The molecule has 0 fully saturated rings. The van der Waals surface area contributed by atoms with Crippen LogP contribution in [0.15, 0.2) is 47.3 Å². The molecule has 4 heteroatoms. The maximum Gasteiger partial charge on any atom is 0.133 e. The second-order valence-corrected chi connectivity index (χ2v) is 4.23. The fraction of sp³-hybridized carbons (Fsp3) is 0.182. The Kier molecular flexibility index (Phi) is 3.44. The average molecular weight is 286 g/mol. The lowest BCUT2D eigenvalue weighted by Crippen LogP contribution is -2.27. The number of rotatable bonds is 2. The fourth-order valence-electron chi connectivity index (χ4n) is 1.44. The Labute approximate surface area is 102 Å². The summed E-state index contributed by atoms with van der Waals surface area (Å²) < 4.78 is 0. The Morgan fingerprint density at radius 2 is 2.27 bits per heavy atom. The lowest BCUT2D eigenvalue weighted by molar-refractivity contribution is 0.957. The van der Waals surface area contributed by atoms with Gasteiger partial charge < -0.3 is 4.90 Å². The van der Waals surface area contributed by atoms with E-state index in [2.05, 4.69) is 25.8 Å². The smallest absolute Gasteiger partial charge is 0.133 e. The summed E-state index contributed by atoms with van der Waals surface area (Å²) in [6.45, 7) is 0.690. The molecule has 2 rings (SSSR count). The highest BCUT2D eigenvalue weighted by molar-refractivity contribution is 9.09. The Morgan fingerprint density at radius 3 is 2.93 bits per heavy atom. The number of hydrogen-bond donors (Lipinski definition) is 0. The number of nitrogens with zero attached hydrogens (tertiary/aromatic N) is 2. The van der Waals surface area contributed by atoms with Gasteiger partial charge in [-0.25, -0.2) is 4.98 Å². The van der Waals surface area contributed by atoms with Crippen molar-refractivity contribution in [3.8, 4) is 0 Å². The molecule has 0 bridgehead atoms. The molecule has 0 saturated carbocycles. The molecule has 0 spiro atoms. The van der Waals surface area contributed by atoms with Crippen molar-refractivity contribution >= 4 is 33.3 Å². The van der Waals surface area contributed by atoms with Crippen LogP contribution in [0.5, 0.6) is 0 Å². The van der Waals surface area contributed by atoms with Crippen LogP contribution in [0.3, 0.4) is 0 Å². The molecule has 1 aromatic rings. The molecule has 2 heterocycles. The number of allylic oxidation sites excluding steroid dienone is 3. The number of aromatic nitrogens is 1. The van der Waals surface area contributed by atoms with E-state index in [0.29, 0.717) is 6.54 Å². The molecule has 0 saturated heterocycles. The van der Waals surface area contributed by atoms with Crippen molar-refractivity contribution in [2.75, 3.05) is 16.8 Å². The van der Waals surface area contributed by atoms with Crippen LogP contribution >= 0.6 is 27.5 Å². The van der Waals surface area contributed by atoms with Gasteiger partial charge in [0.05, 0.1) is 6.54 Å². The van der Waals surface area contributed by atoms with Gasteiger partial charge in [-0.3, -0.25) is 0 Å². The van der Waals surface area contributed by atoms with Gasteiger partial charge in [-0.15, -0.1) is 0 Å². The topological polar surface area (TPSA) is 16.1 Å². The van der Waals surface area contributed by atoms with Crippen LogP contribution in [-0.4, -0.2) is 16.9 Å². The van der Waals surface area contributed by atoms with E-state index < -0.39 is 0 Å². The van der Waals surface area contributed by atoms with Gasteiger partial charge in [0, 0.05) is 22.3 Å². The molecule has 1 aliphatic heterocycles. The summed E-state index contributed by atoms with van der Waals surface area (Å²) in [6.07, 6.45) is 5.72. The molecular formula is C11H10BrClN2. The monoisotopic (exact) mass is 284 g/mol. The van der Waals surface area contributed by atoms with Gasteiger partial charge in [0.2, 0.25) is 0 Å². The standard InChI is InChI=1S/C11H10BrClN2/c12-7-10-5-4-9(13)8-15(10)11-3-1-2-6-14-11/h1-6H,7-8H2. The summed E-state index contributed by atoms with van der Waals surface area (Å²) >= 11 is 9.47. The Bertz CT molecular complexity index is 400. The summed E-state index contributed by atoms with van der Waals surface area (Å²) in [5, 5.41) is 1.62. The van der Waals surface area contributed by atoms with E-state index >= 15 is 0 Å². The molecule has 0 atom stereocenters. The second-order valence-electron chi connectivity index (χ2n) is 3.18. The summed E-state index contributed by atoms with van der Waals surface area (Å²) in [4.78, 5) is 6.41. The molecule has 0 aliphatic carbocycles. The van der Waals surface area contributed by atoms with Gasteiger partial charge in [-0.1, -0.05) is 33.6 Å². The summed E-state index contributed by atoms with van der Waals surface area (Å²) in [7, 11) is 0. The third kappa shape index (κ3) is 2.41. The first-order valence-corrected chi connectivity index (χ1v) is 6.11. The molecule has 0 amide bonds.